The van der Waals surface area contributed by atoms with Crippen molar-refractivity contribution < 1.29 is 18.4 Å². The van der Waals surface area contributed by atoms with Crippen molar-refractivity contribution in [2.24, 2.45) is 0 Å². The van der Waals surface area contributed by atoms with Gasteiger partial charge in [-0.05, 0) is 24.3 Å². The van der Waals surface area contributed by atoms with Crippen LogP contribution in [0, 0.1) is 11.3 Å². The van der Waals surface area contributed by atoms with Crippen LogP contribution in [0.4, 0.5) is 8.78 Å². The molecule has 1 atom stereocenters. The summed E-state index contributed by atoms with van der Waals surface area (Å²) < 4.78 is 28.5. The summed E-state index contributed by atoms with van der Waals surface area (Å²) in [6, 6.07) is 9.94. The minimum Gasteiger partial charge on any atom is -0.342 e. The van der Waals surface area contributed by atoms with Crippen LogP contribution in [0.25, 0.3) is 0 Å². The van der Waals surface area contributed by atoms with Crippen molar-refractivity contribution in [2.45, 2.75) is 37.8 Å². The Morgan fingerprint density at radius 1 is 1.20 bits per heavy atom. The first kappa shape index (κ1) is 20.0. The smallest absolute Gasteiger partial charge is 0.254 e. The highest BCUT2D eigenvalue weighted by Crippen LogP contribution is 2.30. The molecule has 1 fully saturated rings. The minimum atomic E-state index is -2.71. The predicted molar refractivity (Wildman–Crippen MR) is 103 cm³/mol. The molecule has 2 aliphatic heterocycles. The summed E-state index contributed by atoms with van der Waals surface area (Å²) in [6.07, 6.45) is 1.06. The maximum Gasteiger partial charge on any atom is 0.254 e. The summed E-state index contributed by atoms with van der Waals surface area (Å²) in [5.74, 6) is -3.15. The van der Waals surface area contributed by atoms with Crippen LogP contribution >= 0.6 is 0 Å². The number of halogens is 2. The monoisotopic (exact) mass is 413 g/mol. The van der Waals surface area contributed by atoms with Gasteiger partial charge < -0.3 is 9.80 Å². The number of alkyl halides is 2. The quantitative estimate of drug-likeness (QED) is 0.775. The molecule has 1 aromatic carbocycles. The van der Waals surface area contributed by atoms with E-state index < -0.39 is 5.92 Å². The summed E-state index contributed by atoms with van der Waals surface area (Å²) >= 11 is 0. The number of nitrogens with zero attached hydrogens (tertiary/aromatic N) is 5. The molecule has 0 spiro atoms. The first-order valence-corrected chi connectivity index (χ1v) is 9.84. The van der Waals surface area contributed by atoms with Gasteiger partial charge in [0.15, 0.2) is 0 Å². The van der Waals surface area contributed by atoms with Gasteiger partial charge in [0.1, 0.15) is 0 Å². The Kier molecular flexibility index (Phi) is 5.24. The van der Waals surface area contributed by atoms with Crippen LogP contribution < -0.4 is 0 Å². The normalized spacial score (nSPS) is 20.4. The first-order valence-electron chi connectivity index (χ1n) is 9.84. The molecular formula is C21H21F2N5O2. The van der Waals surface area contributed by atoms with E-state index in [9.17, 15) is 18.4 Å². The minimum absolute atomic E-state index is 0.0358. The van der Waals surface area contributed by atoms with Gasteiger partial charge in [0.25, 0.3) is 11.8 Å². The molecule has 0 N–H and O–H groups in total. The summed E-state index contributed by atoms with van der Waals surface area (Å²) in [5.41, 5.74) is 1.61. The van der Waals surface area contributed by atoms with Gasteiger partial charge in [-0.25, -0.2) is 8.78 Å². The lowest BCUT2D eigenvalue weighted by molar-refractivity contribution is -0.138. The topological polar surface area (TPSA) is 82.2 Å². The van der Waals surface area contributed by atoms with E-state index in [2.05, 4.69) is 5.10 Å². The summed E-state index contributed by atoms with van der Waals surface area (Å²) in [4.78, 5) is 28.9. The molecule has 1 unspecified atom stereocenters. The van der Waals surface area contributed by atoms with E-state index in [0.717, 1.165) is 5.69 Å². The maximum atomic E-state index is 13.4. The van der Waals surface area contributed by atoms with Crippen LogP contribution in [0.2, 0.25) is 0 Å². The lowest BCUT2D eigenvalue weighted by Gasteiger charge is -2.36. The van der Waals surface area contributed by atoms with Crippen molar-refractivity contribution in [1.29, 1.82) is 5.26 Å². The molecule has 0 saturated carbocycles. The fourth-order valence-electron chi connectivity index (χ4n) is 4.01. The van der Waals surface area contributed by atoms with Crippen LogP contribution in [-0.4, -0.2) is 57.0 Å². The molecular weight excluding hydrogens is 392 g/mol. The number of piperidine rings is 1. The van der Waals surface area contributed by atoms with E-state index in [0.29, 0.717) is 17.7 Å². The van der Waals surface area contributed by atoms with Crippen molar-refractivity contribution in [2.75, 3.05) is 19.6 Å². The highest BCUT2D eigenvalue weighted by atomic mass is 19.3. The Morgan fingerprint density at radius 2 is 1.97 bits per heavy atom. The number of fused-ring (bicyclic) bond motifs is 1. The van der Waals surface area contributed by atoms with Crippen LogP contribution in [0.3, 0.4) is 0 Å². The number of nitriles is 1. The second-order valence-electron chi connectivity index (χ2n) is 7.74. The fraction of sp³-hybridized carbons (Fsp3) is 0.429. The molecule has 0 aliphatic carbocycles. The number of aromatic nitrogens is 2. The van der Waals surface area contributed by atoms with E-state index >= 15 is 0 Å². The van der Waals surface area contributed by atoms with Crippen molar-refractivity contribution in [3.8, 4) is 6.07 Å². The number of benzene rings is 1. The molecule has 9 heteroatoms. The van der Waals surface area contributed by atoms with E-state index in [4.69, 9.17) is 5.26 Å². The van der Waals surface area contributed by atoms with Crippen molar-refractivity contribution in [3.63, 3.8) is 0 Å². The highest BCUT2D eigenvalue weighted by molar-refractivity contribution is 5.94. The molecule has 2 aromatic rings. The molecule has 30 heavy (non-hydrogen) atoms. The number of amides is 2. The molecule has 1 aromatic heterocycles. The average Bonchev–Trinajstić information content (AvgIpc) is 3.22. The van der Waals surface area contributed by atoms with Crippen molar-refractivity contribution in [3.05, 3.63) is 53.3 Å². The van der Waals surface area contributed by atoms with Gasteiger partial charge in [-0.3, -0.25) is 14.3 Å². The molecule has 3 heterocycles. The van der Waals surface area contributed by atoms with Crippen molar-refractivity contribution >= 4 is 11.8 Å². The zero-order chi connectivity index (χ0) is 21.3. The van der Waals surface area contributed by atoms with Gasteiger partial charge in [-0.15, -0.1) is 0 Å². The molecule has 1 saturated heterocycles. The van der Waals surface area contributed by atoms with Gasteiger partial charge >= 0.3 is 0 Å². The zero-order valence-corrected chi connectivity index (χ0v) is 16.3. The van der Waals surface area contributed by atoms with Gasteiger partial charge in [-0.1, -0.05) is 6.07 Å². The third kappa shape index (κ3) is 4.03. The number of hydrogen-bond donors (Lipinski definition) is 0. The van der Waals surface area contributed by atoms with Crippen LogP contribution in [-0.2, 0) is 11.3 Å². The number of carbonyl (C=O) groups excluding carboxylic acids is 2. The number of carbonyl (C=O) groups is 2. The predicted octanol–water partition coefficient (Wildman–Crippen LogP) is 2.60. The van der Waals surface area contributed by atoms with E-state index in [1.807, 2.05) is 6.07 Å². The molecule has 0 bridgehead atoms. The Bertz CT molecular complexity index is 1000. The molecule has 156 valence electrons. The van der Waals surface area contributed by atoms with E-state index in [-0.39, 0.29) is 56.8 Å². The highest BCUT2D eigenvalue weighted by Gasteiger charge is 2.37. The summed E-state index contributed by atoms with van der Waals surface area (Å²) in [6.45, 7) is 0.693. The molecule has 4 rings (SSSR count). The van der Waals surface area contributed by atoms with E-state index in [1.54, 1.807) is 46.1 Å². The van der Waals surface area contributed by atoms with E-state index in [1.165, 1.54) is 4.90 Å². The molecule has 0 radical (unpaired) electrons. The summed E-state index contributed by atoms with van der Waals surface area (Å²) in [7, 11) is 0. The van der Waals surface area contributed by atoms with Gasteiger partial charge in [0, 0.05) is 44.2 Å². The number of rotatable bonds is 3. The lowest BCUT2D eigenvalue weighted by atomic mass is 10.0. The Labute approximate surface area is 172 Å². The molecule has 2 aliphatic rings. The zero-order valence-electron chi connectivity index (χ0n) is 16.3. The second kappa shape index (κ2) is 7.86. The SMILES string of the molecule is N#Cc1cccc(C(=O)N2Cc3ccnn3C(CC(=O)N3CCC(F)(F)CC3)C2)c1. The van der Waals surface area contributed by atoms with Crippen LogP contribution in [0.15, 0.2) is 36.5 Å². The van der Waals surface area contributed by atoms with Crippen LogP contribution in [0.1, 0.15) is 46.9 Å². The Hall–Kier alpha value is -3.28. The molecule has 7 nitrogen and oxygen atoms in total. The summed E-state index contributed by atoms with van der Waals surface area (Å²) in [5, 5.41) is 13.4. The fourth-order valence-corrected chi connectivity index (χ4v) is 4.01. The van der Waals surface area contributed by atoms with Gasteiger partial charge in [0.05, 0.1) is 36.3 Å². The van der Waals surface area contributed by atoms with Gasteiger partial charge in [-0.2, -0.15) is 10.4 Å². The third-order valence-corrected chi connectivity index (χ3v) is 5.67. The van der Waals surface area contributed by atoms with Gasteiger partial charge in [0.2, 0.25) is 5.91 Å². The lowest BCUT2D eigenvalue weighted by Crippen LogP contribution is -2.46. The number of likely N-dealkylation sites (tertiary alicyclic amines) is 1. The Morgan fingerprint density at radius 3 is 2.70 bits per heavy atom. The van der Waals surface area contributed by atoms with Crippen molar-refractivity contribution in [1.82, 2.24) is 19.6 Å². The standard InChI is InChI=1S/C21H21F2N5O2/c22-21(23)5-8-26(9-6-21)19(29)11-18-14-27(13-17-4-7-25-28(17)18)20(30)16-3-1-2-15(10-16)12-24/h1-4,7,10,18H,5-6,8-9,11,13-14H2. The largest absolute Gasteiger partial charge is 0.342 e. The Balaban J connectivity index is 1.49. The number of hydrogen-bond acceptors (Lipinski definition) is 4. The average molecular weight is 413 g/mol. The third-order valence-electron chi connectivity index (χ3n) is 5.67. The van der Waals surface area contributed by atoms with Crippen LogP contribution in [0.5, 0.6) is 0 Å². The maximum absolute atomic E-state index is 13.4. The second-order valence-corrected chi connectivity index (χ2v) is 7.74. The molecule has 2 amide bonds. The first-order chi connectivity index (χ1) is 14.4.